The molecule has 0 aliphatic rings. The smallest absolute Gasteiger partial charge is 0.142 e. The van der Waals surface area contributed by atoms with Gasteiger partial charge in [0.15, 0.2) is 0 Å². The number of hydrogen-bond donors (Lipinski definition) is 1. The molecule has 2 rings (SSSR count). The molecule has 0 saturated carbocycles. The van der Waals surface area contributed by atoms with Gasteiger partial charge in [0.1, 0.15) is 11.6 Å². The highest BCUT2D eigenvalue weighted by Crippen LogP contribution is 2.20. The fraction of sp³-hybridized carbons (Fsp3) is 0.200. The number of benzene rings is 2. The number of hydrogen-bond acceptors (Lipinski definition) is 2. The normalized spacial score (nSPS) is 10.5. The predicted octanol–water partition coefficient (Wildman–Crippen LogP) is 3.78. The molecule has 0 aromatic heterocycles. The summed E-state index contributed by atoms with van der Waals surface area (Å²) >= 11 is 5.89. The maximum absolute atomic E-state index is 13.3. The molecule has 19 heavy (non-hydrogen) atoms. The highest BCUT2D eigenvalue weighted by molar-refractivity contribution is 6.31. The molecule has 0 saturated heterocycles. The van der Waals surface area contributed by atoms with Crippen molar-refractivity contribution in [2.75, 3.05) is 7.11 Å². The summed E-state index contributed by atoms with van der Waals surface area (Å²) in [5, 5.41) is 3.41. The monoisotopic (exact) mass is 279 g/mol. The van der Waals surface area contributed by atoms with Crippen molar-refractivity contribution in [3.63, 3.8) is 0 Å². The van der Waals surface area contributed by atoms with Crippen LogP contribution in [0.15, 0.2) is 42.5 Å². The maximum atomic E-state index is 13.3. The number of ether oxygens (including phenoxy) is 1. The Kier molecular flexibility index (Phi) is 4.77. The van der Waals surface area contributed by atoms with E-state index in [9.17, 15) is 4.39 Å². The molecule has 0 amide bonds. The van der Waals surface area contributed by atoms with Crippen molar-refractivity contribution in [3.8, 4) is 5.75 Å². The minimum atomic E-state index is -0.391. The zero-order chi connectivity index (χ0) is 13.7. The number of nitrogens with one attached hydrogen (secondary N) is 1. The fourth-order valence-electron chi connectivity index (χ4n) is 1.87. The predicted molar refractivity (Wildman–Crippen MR) is 74.9 cm³/mol. The fourth-order valence-corrected chi connectivity index (χ4v) is 2.06. The Balaban J connectivity index is 1.98. The van der Waals surface area contributed by atoms with Crippen LogP contribution in [-0.4, -0.2) is 7.11 Å². The molecule has 2 aromatic carbocycles. The quantitative estimate of drug-likeness (QED) is 0.899. The van der Waals surface area contributed by atoms with E-state index in [1.54, 1.807) is 19.2 Å². The highest BCUT2D eigenvalue weighted by Gasteiger charge is 2.06. The summed E-state index contributed by atoms with van der Waals surface area (Å²) in [4.78, 5) is 0. The molecule has 0 spiro atoms. The molecule has 0 aliphatic heterocycles. The third-order valence-corrected chi connectivity index (χ3v) is 3.28. The Morgan fingerprint density at radius 3 is 2.53 bits per heavy atom. The standard InChI is InChI=1S/C15H15ClFNO/c1-19-14-8-3-2-5-11(14)9-18-10-12-6-4-7-13(17)15(12)16/h2-8,18H,9-10H2,1H3. The molecule has 0 aliphatic carbocycles. The summed E-state index contributed by atoms with van der Waals surface area (Å²) in [6.45, 7) is 1.14. The highest BCUT2D eigenvalue weighted by atomic mass is 35.5. The van der Waals surface area contributed by atoms with Gasteiger partial charge in [-0.25, -0.2) is 4.39 Å². The summed E-state index contributed by atoms with van der Waals surface area (Å²) in [7, 11) is 1.64. The van der Waals surface area contributed by atoms with Crippen LogP contribution < -0.4 is 10.1 Å². The SMILES string of the molecule is COc1ccccc1CNCc1cccc(F)c1Cl. The van der Waals surface area contributed by atoms with E-state index in [1.807, 2.05) is 24.3 Å². The van der Waals surface area contributed by atoms with Gasteiger partial charge < -0.3 is 10.1 Å². The second-order valence-corrected chi connectivity index (χ2v) is 4.51. The van der Waals surface area contributed by atoms with Crippen molar-refractivity contribution in [1.29, 1.82) is 0 Å². The molecular formula is C15H15ClFNO. The minimum Gasteiger partial charge on any atom is -0.496 e. The van der Waals surface area contributed by atoms with Crippen LogP contribution in [-0.2, 0) is 13.1 Å². The molecule has 0 atom stereocenters. The lowest BCUT2D eigenvalue weighted by Crippen LogP contribution is -2.13. The van der Waals surface area contributed by atoms with Crippen LogP contribution in [0.4, 0.5) is 4.39 Å². The zero-order valence-corrected chi connectivity index (χ0v) is 11.4. The van der Waals surface area contributed by atoms with E-state index >= 15 is 0 Å². The van der Waals surface area contributed by atoms with E-state index in [4.69, 9.17) is 16.3 Å². The lowest BCUT2D eigenvalue weighted by molar-refractivity contribution is 0.407. The van der Waals surface area contributed by atoms with Crippen molar-refractivity contribution in [2.45, 2.75) is 13.1 Å². The summed E-state index contributed by atoms with van der Waals surface area (Å²) in [6, 6.07) is 12.6. The van der Waals surface area contributed by atoms with E-state index in [-0.39, 0.29) is 5.02 Å². The number of rotatable bonds is 5. The van der Waals surface area contributed by atoms with Crippen molar-refractivity contribution in [3.05, 3.63) is 64.4 Å². The Labute approximate surface area is 117 Å². The van der Waals surface area contributed by atoms with Crippen LogP contribution in [0, 0.1) is 5.82 Å². The summed E-state index contributed by atoms with van der Waals surface area (Å²) in [5.74, 6) is 0.443. The molecule has 2 aromatic rings. The number of methoxy groups -OCH3 is 1. The van der Waals surface area contributed by atoms with E-state index in [2.05, 4.69) is 5.32 Å². The van der Waals surface area contributed by atoms with Crippen molar-refractivity contribution >= 4 is 11.6 Å². The van der Waals surface area contributed by atoms with Crippen LogP contribution in [0.2, 0.25) is 5.02 Å². The molecule has 0 radical (unpaired) electrons. The lowest BCUT2D eigenvalue weighted by atomic mass is 10.2. The van der Waals surface area contributed by atoms with Crippen molar-refractivity contribution < 1.29 is 9.13 Å². The number of halogens is 2. The van der Waals surface area contributed by atoms with Crippen LogP contribution in [0.25, 0.3) is 0 Å². The molecule has 0 fully saturated rings. The molecule has 0 bridgehead atoms. The van der Waals surface area contributed by atoms with E-state index < -0.39 is 5.82 Å². The molecule has 4 heteroatoms. The van der Waals surface area contributed by atoms with Crippen molar-refractivity contribution in [2.24, 2.45) is 0 Å². The number of para-hydroxylation sites is 1. The largest absolute Gasteiger partial charge is 0.496 e. The van der Waals surface area contributed by atoms with Crippen molar-refractivity contribution in [1.82, 2.24) is 5.32 Å². The third-order valence-electron chi connectivity index (χ3n) is 2.85. The molecule has 0 heterocycles. The second-order valence-electron chi connectivity index (χ2n) is 4.13. The maximum Gasteiger partial charge on any atom is 0.142 e. The lowest BCUT2D eigenvalue weighted by Gasteiger charge is -2.10. The Morgan fingerprint density at radius 2 is 1.74 bits per heavy atom. The summed E-state index contributed by atoms with van der Waals surface area (Å²) < 4.78 is 18.5. The van der Waals surface area contributed by atoms with Gasteiger partial charge in [-0.1, -0.05) is 41.9 Å². The van der Waals surface area contributed by atoms with Gasteiger partial charge in [-0.15, -0.1) is 0 Å². The first kappa shape index (κ1) is 13.8. The average Bonchev–Trinajstić information content (AvgIpc) is 2.44. The van der Waals surface area contributed by atoms with Gasteiger partial charge in [0, 0.05) is 18.7 Å². The molecular weight excluding hydrogens is 265 g/mol. The van der Waals surface area contributed by atoms with E-state index in [1.165, 1.54) is 6.07 Å². The zero-order valence-electron chi connectivity index (χ0n) is 10.6. The Morgan fingerprint density at radius 1 is 1.05 bits per heavy atom. The summed E-state index contributed by atoms with van der Waals surface area (Å²) in [6.07, 6.45) is 0. The van der Waals surface area contributed by atoms with Crippen LogP contribution >= 0.6 is 11.6 Å². The van der Waals surface area contributed by atoms with E-state index in [0.717, 1.165) is 16.9 Å². The topological polar surface area (TPSA) is 21.3 Å². The average molecular weight is 280 g/mol. The van der Waals surface area contributed by atoms with E-state index in [0.29, 0.717) is 13.1 Å². The molecule has 0 unspecified atom stereocenters. The van der Waals surface area contributed by atoms with Crippen LogP contribution in [0.3, 0.4) is 0 Å². The minimum absolute atomic E-state index is 0.176. The van der Waals surface area contributed by atoms with Gasteiger partial charge in [-0.2, -0.15) is 0 Å². The first-order valence-corrected chi connectivity index (χ1v) is 6.35. The summed E-state index contributed by atoms with van der Waals surface area (Å²) in [5.41, 5.74) is 1.80. The van der Waals surface area contributed by atoms with Gasteiger partial charge >= 0.3 is 0 Å². The van der Waals surface area contributed by atoms with Gasteiger partial charge in [0.05, 0.1) is 12.1 Å². The van der Waals surface area contributed by atoms with Gasteiger partial charge in [0.25, 0.3) is 0 Å². The van der Waals surface area contributed by atoms with Gasteiger partial charge in [-0.3, -0.25) is 0 Å². The van der Waals surface area contributed by atoms with Gasteiger partial charge in [0.2, 0.25) is 0 Å². The molecule has 1 N–H and O–H groups in total. The molecule has 100 valence electrons. The Hall–Kier alpha value is -1.58. The first-order chi connectivity index (χ1) is 9.22. The van der Waals surface area contributed by atoms with Gasteiger partial charge in [-0.05, 0) is 17.7 Å². The van der Waals surface area contributed by atoms with Crippen LogP contribution in [0.5, 0.6) is 5.75 Å². The molecule has 2 nitrogen and oxygen atoms in total. The third kappa shape index (κ3) is 3.46. The van der Waals surface area contributed by atoms with Crippen LogP contribution in [0.1, 0.15) is 11.1 Å². The Bertz CT molecular complexity index is 560. The first-order valence-electron chi connectivity index (χ1n) is 5.98. The second kappa shape index (κ2) is 6.55.